The van der Waals surface area contributed by atoms with Gasteiger partial charge in [-0.15, -0.1) is 22.9 Å². The highest BCUT2D eigenvalue weighted by atomic mass is 35.5. The first-order chi connectivity index (χ1) is 4.83. The molecule has 1 aromatic heterocycles. The molecule has 0 aliphatic carbocycles. The Morgan fingerprint density at radius 1 is 1.60 bits per heavy atom. The molecule has 0 aromatic carbocycles. The lowest BCUT2D eigenvalue weighted by Gasteiger charge is -1.74. The molecule has 52 valence electrons. The quantitative estimate of drug-likeness (QED) is 0.415. The first-order valence-corrected chi connectivity index (χ1v) is 4.29. The van der Waals surface area contributed by atoms with E-state index in [4.69, 9.17) is 11.6 Å². The van der Waals surface area contributed by atoms with Gasteiger partial charge in [-0.3, -0.25) is 0 Å². The molecule has 0 aliphatic rings. The number of hydrogen-bond acceptors (Lipinski definition) is 1. The van der Waals surface area contributed by atoms with Crippen molar-refractivity contribution in [1.29, 1.82) is 0 Å². The van der Waals surface area contributed by atoms with Gasteiger partial charge in [-0.25, -0.2) is 0 Å². The zero-order valence-electron chi connectivity index (χ0n) is 5.65. The van der Waals surface area contributed by atoms with E-state index < -0.39 is 0 Å². The van der Waals surface area contributed by atoms with E-state index in [1.807, 2.05) is 6.07 Å². The van der Waals surface area contributed by atoms with Crippen LogP contribution < -0.4 is 0 Å². The van der Waals surface area contributed by atoms with Crippen LogP contribution in [0.1, 0.15) is 9.75 Å². The molecule has 0 radical (unpaired) electrons. The summed E-state index contributed by atoms with van der Waals surface area (Å²) in [5, 5.41) is 0. The standard InChI is InChI=1S/C8H7ClS/c1-7-4-5-8(10-7)3-2-6-9/h4-5H,6H2,1H3. The average molecular weight is 171 g/mol. The van der Waals surface area contributed by atoms with Gasteiger partial charge >= 0.3 is 0 Å². The summed E-state index contributed by atoms with van der Waals surface area (Å²) in [5.74, 6) is 6.17. The Morgan fingerprint density at radius 2 is 2.40 bits per heavy atom. The van der Waals surface area contributed by atoms with Crippen molar-refractivity contribution in [3.8, 4) is 11.8 Å². The van der Waals surface area contributed by atoms with Crippen LogP contribution in [-0.4, -0.2) is 5.88 Å². The molecule has 0 amide bonds. The molecular formula is C8H7ClS. The monoisotopic (exact) mass is 170 g/mol. The third-order valence-electron chi connectivity index (χ3n) is 1.02. The van der Waals surface area contributed by atoms with Crippen molar-refractivity contribution in [2.24, 2.45) is 0 Å². The maximum absolute atomic E-state index is 5.39. The van der Waals surface area contributed by atoms with Crippen molar-refractivity contribution >= 4 is 22.9 Å². The summed E-state index contributed by atoms with van der Waals surface area (Å²) in [4.78, 5) is 2.39. The second-order valence-electron chi connectivity index (χ2n) is 1.85. The van der Waals surface area contributed by atoms with Gasteiger partial charge < -0.3 is 0 Å². The van der Waals surface area contributed by atoms with Crippen LogP contribution in [0, 0.1) is 18.8 Å². The van der Waals surface area contributed by atoms with Crippen LogP contribution in [0.2, 0.25) is 0 Å². The highest BCUT2D eigenvalue weighted by Crippen LogP contribution is 2.12. The van der Waals surface area contributed by atoms with E-state index in [0.29, 0.717) is 5.88 Å². The van der Waals surface area contributed by atoms with Crippen molar-refractivity contribution in [1.82, 2.24) is 0 Å². The lowest BCUT2D eigenvalue weighted by atomic mass is 10.4. The van der Waals surface area contributed by atoms with Crippen LogP contribution in [0.5, 0.6) is 0 Å². The number of aryl methyl sites for hydroxylation is 1. The Kier molecular flexibility index (Phi) is 2.80. The maximum atomic E-state index is 5.39. The topological polar surface area (TPSA) is 0 Å². The van der Waals surface area contributed by atoms with Crippen LogP contribution >= 0.6 is 22.9 Å². The van der Waals surface area contributed by atoms with Gasteiger partial charge in [0, 0.05) is 4.88 Å². The Morgan fingerprint density at radius 3 is 2.90 bits per heavy atom. The second kappa shape index (κ2) is 3.65. The number of hydrogen-bond donors (Lipinski definition) is 0. The molecule has 1 heterocycles. The van der Waals surface area contributed by atoms with E-state index >= 15 is 0 Å². The van der Waals surface area contributed by atoms with Crippen molar-refractivity contribution in [2.45, 2.75) is 6.92 Å². The van der Waals surface area contributed by atoms with Gasteiger partial charge in [0.15, 0.2) is 0 Å². The largest absolute Gasteiger partial charge is 0.132 e. The second-order valence-corrected chi connectivity index (χ2v) is 3.40. The lowest BCUT2D eigenvalue weighted by molar-refractivity contribution is 1.64. The molecule has 0 spiro atoms. The molecule has 0 bridgehead atoms. The van der Waals surface area contributed by atoms with Gasteiger partial charge in [-0.2, -0.15) is 0 Å². The summed E-state index contributed by atoms with van der Waals surface area (Å²) in [6.45, 7) is 2.07. The third kappa shape index (κ3) is 2.06. The predicted octanol–water partition coefficient (Wildman–Crippen LogP) is 2.65. The van der Waals surface area contributed by atoms with E-state index in [2.05, 4.69) is 24.8 Å². The van der Waals surface area contributed by atoms with Crippen LogP contribution in [0.25, 0.3) is 0 Å². The predicted molar refractivity (Wildman–Crippen MR) is 46.7 cm³/mol. The van der Waals surface area contributed by atoms with E-state index in [1.165, 1.54) is 4.88 Å². The zero-order chi connectivity index (χ0) is 7.40. The highest BCUT2D eigenvalue weighted by Gasteiger charge is 1.88. The van der Waals surface area contributed by atoms with E-state index in [1.54, 1.807) is 11.3 Å². The number of rotatable bonds is 0. The van der Waals surface area contributed by atoms with Crippen molar-refractivity contribution in [2.75, 3.05) is 5.88 Å². The molecule has 0 unspecified atom stereocenters. The van der Waals surface area contributed by atoms with E-state index in [0.717, 1.165) is 4.88 Å². The van der Waals surface area contributed by atoms with Gasteiger partial charge in [0.2, 0.25) is 0 Å². The van der Waals surface area contributed by atoms with Crippen LogP contribution in [0.3, 0.4) is 0 Å². The molecule has 0 nitrogen and oxygen atoms in total. The fourth-order valence-corrected chi connectivity index (χ4v) is 1.43. The molecule has 2 heteroatoms. The lowest BCUT2D eigenvalue weighted by Crippen LogP contribution is -1.61. The fraction of sp³-hybridized carbons (Fsp3) is 0.250. The van der Waals surface area contributed by atoms with Gasteiger partial charge in [0.25, 0.3) is 0 Å². The Labute approximate surface area is 69.8 Å². The van der Waals surface area contributed by atoms with Crippen LogP contribution in [0.4, 0.5) is 0 Å². The Balaban J connectivity index is 2.76. The fourth-order valence-electron chi connectivity index (χ4n) is 0.622. The smallest absolute Gasteiger partial charge is 0.0839 e. The normalized spacial score (nSPS) is 8.60. The van der Waals surface area contributed by atoms with E-state index in [9.17, 15) is 0 Å². The molecular weight excluding hydrogens is 164 g/mol. The summed E-state index contributed by atoms with van der Waals surface area (Å²) in [6, 6.07) is 4.07. The Hall–Kier alpha value is -0.450. The van der Waals surface area contributed by atoms with Gasteiger partial charge in [-0.05, 0) is 19.1 Å². The highest BCUT2D eigenvalue weighted by molar-refractivity contribution is 7.12. The van der Waals surface area contributed by atoms with Crippen molar-refractivity contribution in [3.63, 3.8) is 0 Å². The average Bonchev–Trinajstić information content (AvgIpc) is 2.31. The van der Waals surface area contributed by atoms with Gasteiger partial charge in [0.1, 0.15) is 0 Å². The van der Waals surface area contributed by atoms with Crippen LogP contribution in [0.15, 0.2) is 12.1 Å². The summed E-state index contributed by atoms with van der Waals surface area (Å²) in [5.41, 5.74) is 0. The zero-order valence-corrected chi connectivity index (χ0v) is 7.22. The SMILES string of the molecule is Cc1ccc(C#CCCl)s1. The summed E-state index contributed by atoms with van der Waals surface area (Å²) in [7, 11) is 0. The minimum Gasteiger partial charge on any atom is -0.132 e. The Bertz CT molecular complexity index is 264. The summed E-state index contributed by atoms with van der Waals surface area (Å²) < 4.78 is 0. The third-order valence-corrected chi connectivity index (χ3v) is 2.07. The van der Waals surface area contributed by atoms with Gasteiger partial charge in [0.05, 0.1) is 10.8 Å². The first-order valence-electron chi connectivity index (χ1n) is 2.94. The summed E-state index contributed by atoms with van der Waals surface area (Å²) in [6.07, 6.45) is 0. The minimum atomic E-state index is 0.414. The first kappa shape index (κ1) is 7.65. The number of thiophene rings is 1. The molecule has 0 atom stereocenters. The molecule has 0 saturated heterocycles. The molecule has 1 rings (SSSR count). The minimum absolute atomic E-state index is 0.414. The molecule has 0 aliphatic heterocycles. The molecule has 1 aromatic rings. The van der Waals surface area contributed by atoms with E-state index in [-0.39, 0.29) is 0 Å². The maximum Gasteiger partial charge on any atom is 0.0839 e. The number of alkyl halides is 1. The van der Waals surface area contributed by atoms with Crippen molar-refractivity contribution in [3.05, 3.63) is 21.9 Å². The van der Waals surface area contributed by atoms with Crippen LogP contribution in [-0.2, 0) is 0 Å². The summed E-state index contributed by atoms with van der Waals surface area (Å²) >= 11 is 7.08. The molecule has 0 fully saturated rings. The molecule has 0 N–H and O–H groups in total. The molecule has 10 heavy (non-hydrogen) atoms. The number of halogens is 1. The van der Waals surface area contributed by atoms with Crippen molar-refractivity contribution < 1.29 is 0 Å². The molecule has 0 saturated carbocycles. The van der Waals surface area contributed by atoms with Gasteiger partial charge in [-0.1, -0.05) is 11.8 Å².